The summed E-state index contributed by atoms with van der Waals surface area (Å²) in [6, 6.07) is 4.62. The summed E-state index contributed by atoms with van der Waals surface area (Å²) < 4.78 is 15.4. The molecule has 0 spiro atoms. The second-order valence-electron chi connectivity index (χ2n) is 3.67. The lowest BCUT2D eigenvalue weighted by atomic mass is 10.2. The van der Waals surface area contributed by atoms with Crippen LogP contribution in [0.1, 0.15) is 11.3 Å². The van der Waals surface area contributed by atoms with E-state index in [2.05, 4.69) is 31.6 Å². The normalized spacial score (nSPS) is 10.8. The minimum Gasteiger partial charge on any atom is -0.314 e. The predicted octanol–water partition coefficient (Wildman–Crippen LogP) is 1.95. The van der Waals surface area contributed by atoms with Gasteiger partial charge in [0.25, 0.3) is 0 Å². The Labute approximate surface area is 107 Å². The minimum atomic E-state index is -0.255. The molecular weight excluding hydrogens is 287 g/mol. The van der Waals surface area contributed by atoms with E-state index < -0.39 is 0 Å². The molecule has 1 heterocycles. The molecule has 0 saturated heterocycles. The lowest BCUT2D eigenvalue weighted by molar-refractivity contribution is 0.619. The first-order valence-electron chi connectivity index (χ1n) is 5.16. The van der Waals surface area contributed by atoms with E-state index in [9.17, 15) is 4.39 Å². The molecule has 0 bridgehead atoms. The topological polar surface area (TPSA) is 42.7 Å². The van der Waals surface area contributed by atoms with Crippen LogP contribution in [0.15, 0.2) is 28.9 Å². The molecule has 17 heavy (non-hydrogen) atoms. The van der Waals surface area contributed by atoms with E-state index in [1.165, 1.54) is 12.1 Å². The number of benzene rings is 1. The monoisotopic (exact) mass is 298 g/mol. The van der Waals surface area contributed by atoms with Crippen molar-refractivity contribution >= 4 is 15.9 Å². The SMILES string of the molecule is CNCc1cn(Cc2ccc(F)cc2Br)nn1. The molecule has 0 aliphatic carbocycles. The van der Waals surface area contributed by atoms with E-state index in [0.717, 1.165) is 15.7 Å². The maximum Gasteiger partial charge on any atom is 0.124 e. The van der Waals surface area contributed by atoms with Crippen LogP contribution in [0.5, 0.6) is 0 Å². The van der Waals surface area contributed by atoms with Gasteiger partial charge in [0.05, 0.1) is 18.4 Å². The zero-order valence-corrected chi connectivity index (χ0v) is 10.9. The first kappa shape index (κ1) is 12.2. The molecule has 1 N–H and O–H groups in total. The van der Waals surface area contributed by atoms with Crippen molar-refractivity contribution in [3.63, 3.8) is 0 Å². The quantitative estimate of drug-likeness (QED) is 0.938. The van der Waals surface area contributed by atoms with Crippen LogP contribution in [-0.2, 0) is 13.1 Å². The lowest BCUT2D eigenvalue weighted by Crippen LogP contribution is -2.05. The van der Waals surface area contributed by atoms with Crippen LogP contribution in [0.2, 0.25) is 0 Å². The van der Waals surface area contributed by atoms with Crippen LogP contribution in [0, 0.1) is 5.82 Å². The van der Waals surface area contributed by atoms with E-state index in [0.29, 0.717) is 13.1 Å². The molecule has 2 rings (SSSR count). The van der Waals surface area contributed by atoms with Crippen molar-refractivity contribution in [1.29, 1.82) is 0 Å². The zero-order valence-electron chi connectivity index (χ0n) is 9.32. The van der Waals surface area contributed by atoms with Gasteiger partial charge in [0, 0.05) is 11.0 Å². The second-order valence-corrected chi connectivity index (χ2v) is 4.53. The Morgan fingerprint density at radius 2 is 2.29 bits per heavy atom. The fourth-order valence-electron chi connectivity index (χ4n) is 1.50. The molecule has 0 aliphatic rings. The lowest BCUT2D eigenvalue weighted by Gasteiger charge is -2.03. The first-order valence-corrected chi connectivity index (χ1v) is 5.96. The van der Waals surface area contributed by atoms with Crippen LogP contribution in [0.3, 0.4) is 0 Å². The van der Waals surface area contributed by atoms with Crippen LogP contribution in [0.4, 0.5) is 4.39 Å². The standard InChI is InChI=1S/C11H12BrFN4/c1-14-5-10-7-17(16-15-10)6-8-2-3-9(13)4-11(8)12/h2-4,7,14H,5-6H2,1H3. The molecule has 1 aromatic carbocycles. The summed E-state index contributed by atoms with van der Waals surface area (Å²) in [6.45, 7) is 1.25. The van der Waals surface area contributed by atoms with Gasteiger partial charge >= 0.3 is 0 Å². The maximum atomic E-state index is 12.9. The Hall–Kier alpha value is -1.27. The van der Waals surface area contributed by atoms with E-state index >= 15 is 0 Å². The van der Waals surface area contributed by atoms with Crippen LogP contribution in [-0.4, -0.2) is 22.0 Å². The smallest absolute Gasteiger partial charge is 0.124 e. The summed E-state index contributed by atoms with van der Waals surface area (Å²) in [5.41, 5.74) is 1.85. The fourth-order valence-corrected chi connectivity index (χ4v) is 1.98. The van der Waals surface area contributed by atoms with Gasteiger partial charge in [-0.15, -0.1) is 5.10 Å². The Morgan fingerprint density at radius 1 is 1.47 bits per heavy atom. The number of halogens is 2. The largest absolute Gasteiger partial charge is 0.314 e. The first-order chi connectivity index (χ1) is 8.19. The average molecular weight is 299 g/mol. The molecule has 2 aromatic rings. The number of hydrogen-bond donors (Lipinski definition) is 1. The number of nitrogens with zero attached hydrogens (tertiary/aromatic N) is 3. The van der Waals surface area contributed by atoms with Gasteiger partial charge in [-0.2, -0.15) is 0 Å². The summed E-state index contributed by atoms with van der Waals surface area (Å²) in [4.78, 5) is 0. The van der Waals surface area contributed by atoms with Crippen molar-refractivity contribution in [2.24, 2.45) is 0 Å². The Kier molecular flexibility index (Phi) is 3.86. The van der Waals surface area contributed by atoms with Gasteiger partial charge in [-0.25, -0.2) is 9.07 Å². The second kappa shape index (κ2) is 5.37. The van der Waals surface area contributed by atoms with Crippen molar-refractivity contribution < 1.29 is 4.39 Å². The zero-order chi connectivity index (χ0) is 12.3. The Balaban J connectivity index is 2.13. The molecule has 0 fully saturated rings. The van der Waals surface area contributed by atoms with Gasteiger partial charge in [-0.05, 0) is 24.7 Å². The number of hydrogen-bond acceptors (Lipinski definition) is 3. The van der Waals surface area contributed by atoms with Crippen molar-refractivity contribution in [2.45, 2.75) is 13.1 Å². The van der Waals surface area contributed by atoms with E-state index in [4.69, 9.17) is 0 Å². The molecule has 0 unspecified atom stereocenters. The van der Waals surface area contributed by atoms with E-state index in [1.54, 1.807) is 10.7 Å². The van der Waals surface area contributed by atoms with Crippen LogP contribution in [0.25, 0.3) is 0 Å². The summed E-state index contributed by atoms with van der Waals surface area (Å²) >= 11 is 3.33. The molecule has 0 radical (unpaired) electrons. The van der Waals surface area contributed by atoms with Crippen LogP contribution >= 0.6 is 15.9 Å². The third kappa shape index (κ3) is 3.10. The van der Waals surface area contributed by atoms with Gasteiger partial charge in [0.15, 0.2) is 0 Å². The highest BCUT2D eigenvalue weighted by atomic mass is 79.9. The molecule has 0 amide bonds. The van der Waals surface area contributed by atoms with Gasteiger partial charge < -0.3 is 5.32 Å². The number of rotatable bonds is 4. The van der Waals surface area contributed by atoms with Crippen LogP contribution < -0.4 is 5.32 Å². The summed E-state index contributed by atoms with van der Waals surface area (Å²) in [6.07, 6.45) is 1.87. The third-order valence-corrected chi connectivity index (χ3v) is 3.03. The summed E-state index contributed by atoms with van der Waals surface area (Å²) in [5, 5.41) is 11.0. The van der Waals surface area contributed by atoms with Gasteiger partial charge in [-0.3, -0.25) is 0 Å². The summed E-state index contributed by atoms with van der Waals surface area (Å²) in [5.74, 6) is -0.255. The van der Waals surface area contributed by atoms with Gasteiger partial charge in [-0.1, -0.05) is 27.2 Å². The van der Waals surface area contributed by atoms with E-state index in [1.807, 2.05) is 13.2 Å². The molecule has 90 valence electrons. The van der Waals surface area contributed by atoms with Crippen molar-refractivity contribution in [1.82, 2.24) is 20.3 Å². The molecule has 6 heteroatoms. The Bertz CT molecular complexity index is 512. The number of aromatic nitrogens is 3. The van der Waals surface area contributed by atoms with Crippen molar-refractivity contribution in [3.8, 4) is 0 Å². The van der Waals surface area contributed by atoms with E-state index in [-0.39, 0.29) is 5.82 Å². The molecule has 0 atom stereocenters. The molecular formula is C11H12BrFN4. The maximum absolute atomic E-state index is 12.9. The van der Waals surface area contributed by atoms with Gasteiger partial charge in [0.1, 0.15) is 5.82 Å². The Morgan fingerprint density at radius 3 is 3.00 bits per heavy atom. The fraction of sp³-hybridized carbons (Fsp3) is 0.273. The molecule has 0 saturated carbocycles. The molecule has 1 aromatic heterocycles. The molecule has 4 nitrogen and oxygen atoms in total. The van der Waals surface area contributed by atoms with Gasteiger partial charge in [0.2, 0.25) is 0 Å². The highest BCUT2D eigenvalue weighted by Gasteiger charge is 2.04. The minimum absolute atomic E-state index is 0.255. The summed E-state index contributed by atoms with van der Waals surface area (Å²) in [7, 11) is 1.86. The highest BCUT2D eigenvalue weighted by Crippen LogP contribution is 2.18. The third-order valence-electron chi connectivity index (χ3n) is 2.29. The van der Waals surface area contributed by atoms with Crippen molar-refractivity contribution in [3.05, 3.63) is 45.9 Å². The predicted molar refractivity (Wildman–Crippen MR) is 66.0 cm³/mol. The number of nitrogens with one attached hydrogen (secondary N) is 1. The molecule has 0 aliphatic heterocycles. The highest BCUT2D eigenvalue weighted by molar-refractivity contribution is 9.10. The van der Waals surface area contributed by atoms with Crippen molar-refractivity contribution in [2.75, 3.05) is 7.05 Å². The average Bonchev–Trinajstić information content (AvgIpc) is 2.71.